The van der Waals surface area contributed by atoms with Crippen LogP contribution in [0.2, 0.25) is 0 Å². The summed E-state index contributed by atoms with van der Waals surface area (Å²) in [6, 6.07) is 1.98. The van der Waals surface area contributed by atoms with E-state index in [4.69, 9.17) is 14.5 Å². The SMILES string of the molecule is N#CCc1nc(C2CCOCC2)no1. The lowest BCUT2D eigenvalue weighted by molar-refractivity contribution is 0.0830. The van der Waals surface area contributed by atoms with Gasteiger partial charge in [-0.1, -0.05) is 5.16 Å². The van der Waals surface area contributed by atoms with Crippen molar-refractivity contribution in [3.05, 3.63) is 11.7 Å². The first kappa shape index (κ1) is 9.16. The van der Waals surface area contributed by atoms with E-state index >= 15 is 0 Å². The number of rotatable bonds is 2. The van der Waals surface area contributed by atoms with E-state index in [0.717, 1.165) is 31.9 Å². The molecule has 0 unspecified atom stereocenters. The van der Waals surface area contributed by atoms with Crippen LogP contribution in [-0.4, -0.2) is 23.4 Å². The Bertz CT molecular complexity index is 336. The molecule has 2 heterocycles. The Labute approximate surface area is 81.7 Å². The first-order valence-electron chi connectivity index (χ1n) is 4.67. The van der Waals surface area contributed by atoms with Crippen LogP contribution in [0.3, 0.4) is 0 Å². The lowest BCUT2D eigenvalue weighted by Crippen LogP contribution is -2.15. The molecule has 0 atom stereocenters. The second-order valence-corrected chi connectivity index (χ2v) is 3.27. The van der Waals surface area contributed by atoms with Crippen LogP contribution in [0, 0.1) is 11.3 Å². The molecule has 5 nitrogen and oxygen atoms in total. The van der Waals surface area contributed by atoms with E-state index in [9.17, 15) is 0 Å². The highest BCUT2D eigenvalue weighted by Crippen LogP contribution is 2.24. The molecule has 2 rings (SSSR count). The fraction of sp³-hybridized carbons (Fsp3) is 0.667. The standard InChI is InChI=1S/C9H11N3O2/c10-4-1-8-11-9(12-14-8)7-2-5-13-6-3-7/h7H,1-3,5-6H2. The first-order valence-corrected chi connectivity index (χ1v) is 4.67. The number of nitrogens with zero attached hydrogens (tertiary/aromatic N) is 3. The third-order valence-electron chi connectivity index (χ3n) is 2.30. The average molecular weight is 193 g/mol. The predicted octanol–water partition coefficient (Wildman–Crippen LogP) is 1.03. The second kappa shape index (κ2) is 4.20. The maximum Gasteiger partial charge on any atom is 0.240 e. The zero-order valence-electron chi connectivity index (χ0n) is 7.77. The maximum atomic E-state index is 8.44. The van der Waals surface area contributed by atoms with Gasteiger partial charge >= 0.3 is 0 Å². The van der Waals surface area contributed by atoms with Crippen molar-refractivity contribution in [1.82, 2.24) is 10.1 Å². The second-order valence-electron chi connectivity index (χ2n) is 3.27. The molecule has 0 saturated carbocycles. The number of hydrogen-bond donors (Lipinski definition) is 0. The van der Waals surface area contributed by atoms with Crippen LogP contribution in [0.15, 0.2) is 4.52 Å². The highest BCUT2D eigenvalue weighted by molar-refractivity contribution is 4.99. The predicted molar refractivity (Wildman–Crippen MR) is 46.4 cm³/mol. The smallest absolute Gasteiger partial charge is 0.240 e. The van der Waals surface area contributed by atoms with E-state index < -0.39 is 0 Å². The Balaban J connectivity index is 2.04. The zero-order valence-corrected chi connectivity index (χ0v) is 7.77. The molecule has 1 aromatic heterocycles. The Morgan fingerprint density at radius 3 is 2.93 bits per heavy atom. The van der Waals surface area contributed by atoms with Gasteiger partial charge in [-0.05, 0) is 12.8 Å². The molecule has 0 bridgehead atoms. The first-order chi connectivity index (χ1) is 6.90. The number of aromatic nitrogens is 2. The highest BCUT2D eigenvalue weighted by atomic mass is 16.5. The molecule has 0 N–H and O–H groups in total. The monoisotopic (exact) mass is 193 g/mol. The van der Waals surface area contributed by atoms with E-state index in [0.29, 0.717) is 11.8 Å². The van der Waals surface area contributed by atoms with Crippen LogP contribution in [0.5, 0.6) is 0 Å². The van der Waals surface area contributed by atoms with Gasteiger partial charge in [-0.15, -0.1) is 0 Å². The van der Waals surface area contributed by atoms with Gasteiger partial charge in [0.1, 0.15) is 6.42 Å². The van der Waals surface area contributed by atoms with Gasteiger partial charge in [0.05, 0.1) is 6.07 Å². The molecule has 1 aliphatic heterocycles. The summed E-state index contributed by atoms with van der Waals surface area (Å²) in [5.41, 5.74) is 0. The summed E-state index contributed by atoms with van der Waals surface area (Å²) < 4.78 is 10.2. The minimum absolute atomic E-state index is 0.191. The Morgan fingerprint density at radius 1 is 1.43 bits per heavy atom. The van der Waals surface area contributed by atoms with Crippen molar-refractivity contribution < 1.29 is 9.26 Å². The molecule has 1 aromatic rings. The van der Waals surface area contributed by atoms with E-state index in [1.165, 1.54) is 0 Å². The van der Waals surface area contributed by atoms with Gasteiger partial charge in [-0.25, -0.2) is 0 Å². The van der Waals surface area contributed by atoms with Crippen LogP contribution in [0.25, 0.3) is 0 Å². The van der Waals surface area contributed by atoms with E-state index in [-0.39, 0.29) is 6.42 Å². The van der Waals surface area contributed by atoms with Gasteiger partial charge in [-0.2, -0.15) is 10.2 Å². The van der Waals surface area contributed by atoms with Crippen molar-refractivity contribution in [3.63, 3.8) is 0 Å². The molecule has 0 aromatic carbocycles. The molecular formula is C9H11N3O2. The summed E-state index contributed by atoms with van der Waals surface area (Å²) in [4.78, 5) is 4.17. The molecular weight excluding hydrogens is 182 g/mol. The van der Waals surface area contributed by atoms with Crippen molar-refractivity contribution in [2.45, 2.75) is 25.2 Å². The van der Waals surface area contributed by atoms with E-state index in [1.807, 2.05) is 6.07 Å². The van der Waals surface area contributed by atoms with Crippen molar-refractivity contribution in [2.24, 2.45) is 0 Å². The molecule has 0 radical (unpaired) electrons. The molecule has 5 heteroatoms. The van der Waals surface area contributed by atoms with Crippen LogP contribution in [0.4, 0.5) is 0 Å². The maximum absolute atomic E-state index is 8.44. The van der Waals surface area contributed by atoms with Gasteiger partial charge in [0.25, 0.3) is 0 Å². The van der Waals surface area contributed by atoms with Gasteiger partial charge in [-0.3, -0.25) is 0 Å². The van der Waals surface area contributed by atoms with E-state index in [1.54, 1.807) is 0 Å². The normalized spacial score (nSPS) is 17.9. The quantitative estimate of drug-likeness (QED) is 0.701. The van der Waals surface area contributed by atoms with Crippen molar-refractivity contribution in [2.75, 3.05) is 13.2 Å². The van der Waals surface area contributed by atoms with Crippen LogP contribution >= 0.6 is 0 Å². The van der Waals surface area contributed by atoms with Gasteiger partial charge in [0.2, 0.25) is 5.89 Å². The molecule has 14 heavy (non-hydrogen) atoms. The summed E-state index contributed by atoms with van der Waals surface area (Å²) >= 11 is 0. The molecule has 0 aliphatic carbocycles. The largest absolute Gasteiger partial charge is 0.381 e. The van der Waals surface area contributed by atoms with Crippen LogP contribution in [0.1, 0.15) is 30.5 Å². The number of nitriles is 1. The molecule has 1 saturated heterocycles. The number of hydrogen-bond acceptors (Lipinski definition) is 5. The van der Waals surface area contributed by atoms with E-state index in [2.05, 4.69) is 10.1 Å². The molecule has 74 valence electrons. The van der Waals surface area contributed by atoms with Crippen LogP contribution in [-0.2, 0) is 11.2 Å². The van der Waals surface area contributed by atoms with Crippen molar-refractivity contribution in [3.8, 4) is 6.07 Å². The average Bonchev–Trinajstić information content (AvgIpc) is 2.68. The summed E-state index contributed by atoms with van der Waals surface area (Å²) in [5.74, 6) is 1.47. The Hall–Kier alpha value is -1.41. The summed E-state index contributed by atoms with van der Waals surface area (Å²) in [5, 5.41) is 12.3. The van der Waals surface area contributed by atoms with Gasteiger partial charge < -0.3 is 9.26 Å². The topological polar surface area (TPSA) is 71.9 Å². The zero-order chi connectivity index (χ0) is 9.80. The lowest BCUT2D eigenvalue weighted by Gasteiger charge is -2.18. The Morgan fingerprint density at radius 2 is 2.21 bits per heavy atom. The molecule has 1 aliphatic rings. The highest BCUT2D eigenvalue weighted by Gasteiger charge is 2.20. The molecule has 0 spiro atoms. The molecule has 0 amide bonds. The molecule has 1 fully saturated rings. The van der Waals surface area contributed by atoms with Gasteiger partial charge in [0, 0.05) is 19.1 Å². The van der Waals surface area contributed by atoms with Crippen molar-refractivity contribution >= 4 is 0 Å². The lowest BCUT2D eigenvalue weighted by atomic mass is 10.00. The third-order valence-corrected chi connectivity index (χ3v) is 2.30. The number of ether oxygens (including phenoxy) is 1. The summed E-state index contributed by atoms with van der Waals surface area (Å²) in [6.07, 6.45) is 2.06. The summed E-state index contributed by atoms with van der Waals surface area (Å²) in [6.45, 7) is 1.51. The summed E-state index contributed by atoms with van der Waals surface area (Å²) in [7, 11) is 0. The van der Waals surface area contributed by atoms with Crippen molar-refractivity contribution in [1.29, 1.82) is 5.26 Å². The minimum atomic E-state index is 0.191. The minimum Gasteiger partial charge on any atom is -0.381 e. The van der Waals surface area contributed by atoms with Crippen LogP contribution < -0.4 is 0 Å². The fourth-order valence-corrected chi connectivity index (χ4v) is 1.53. The fourth-order valence-electron chi connectivity index (χ4n) is 1.53. The van der Waals surface area contributed by atoms with Gasteiger partial charge in [0.15, 0.2) is 5.82 Å². The Kier molecular flexibility index (Phi) is 2.75. The third kappa shape index (κ3) is 1.91.